The van der Waals surface area contributed by atoms with E-state index in [1.54, 1.807) is 0 Å². The number of rotatable bonds is 5. The summed E-state index contributed by atoms with van der Waals surface area (Å²) >= 11 is 0. The van der Waals surface area contributed by atoms with Crippen molar-refractivity contribution in [3.8, 4) is 0 Å². The molecule has 0 spiro atoms. The van der Waals surface area contributed by atoms with Crippen LogP contribution in [0.4, 0.5) is 0 Å². The SMILES string of the molecule is CCNCc1cccc(CN2CC(C)(C)OC(C)(C)C2)n1. The number of aromatic nitrogens is 1. The van der Waals surface area contributed by atoms with Crippen molar-refractivity contribution in [2.45, 2.75) is 58.9 Å². The molecule has 0 aromatic carbocycles. The lowest BCUT2D eigenvalue weighted by molar-refractivity contribution is -0.182. The van der Waals surface area contributed by atoms with Gasteiger partial charge in [0.05, 0.1) is 22.6 Å². The van der Waals surface area contributed by atoms with Gasteiger partial charge in [-0.05, 0) is 46.4 Å². The van der Waals surface area contributed by atoms with Crippen LogP contribution in [-0.2, 0) is 17.8 Å². The molecular weight excluding hydrogens is 262 g/mol. The van der Waals surface area contributed by atoms with Crippen LogP contribution in [0.5, 0.6) is 0 Å². The quantitative estimate of drug-likeness (QED) is 0.905. The first-order valence-corrected chi connectivity index (χ1v) is 7.88. The Hall–Kier alpha value is -0.970. The Morgan fingerprint density at radius 2 is 1.76 bits per heavy atom. The van der Waals surface area contributed by atoms with E-state index in [1.165, 1.54) is 0 Å². The Labute approximate surface area is 128 Å². The van der Waals surface area contributed by atoms with Gasteiger partial charge in [-0.3, -0.25) is 9.88 Å². The summed E-state index contributed by atoms with van der Waals surface area (Å²) in [4.78, 5) is 7.20. The van der Waals surface area contributed by atoms with Gasteiger partial charge in [0, 0.05) is 26.2 Å². The molecule has 0 bridgehead atoms. The predicted molar refractivity (Wildman–Crippen MR) is 86.1 cm³/mol. The highest BCUT2D eigenvalue weighted by Gasteiger charge is 2.37. The minimum Gasteiger partial charge on any atom is -0.367 e. The Morgan fingerprint density at radius 3 is 2.38 bits per heavy atom. The van der Waals surface area contributed by atoms with Crippen molar-refractivity contribution < 1.29 is 4.74 Å². The summed E-state index contributed by atoms with van der Waals surface area (Å²) in [6.45, 7) is 15.3. The second-order valence-electron chi connectivity index (χ2n) is 7.17. The van der Waals surface area contributed by atoms with Gasteiger partial charge in [-0.15, -0.1) is 0 Å². The highest BCUT2D eigenvalue weighted by atomic mass is 16.5. The molecule has 4 heteroatoms. The van der Waals surface area contributed by atoms with Crippen molar-refractivity contribution in [1.82, 2.24) is 15.2 Å². The Balaban J connectivity index is 2.03. The van der Waals surface area contributed by atoms with E-state index >= 15 is 0 Å². The highest BCUT2D eigenvalue weighted by Crippen LogP contribution is 2.28. The molecule has 118 valence electrons. The molecular formula is C17H29N3O. The summed E-state index contributed by atoms with van der Waals surface area (Å²) in [7, 11) is 0. The maximum absolute atomic E-state index is 6.13. The van der Waals surface area contributed by atoms with E-state index in [1.807, 2.05) is 0 Å². The maximum atomic E-state index is 6.13. The first-order chi connectivity index (χ1) is 9.80. The molecule has 0 radical (unpaired) electrons. The minimum atomic E-state index is -0.108. The first kappa shape index (κ1) is 16.4. The van der Waals surface area contributed by atoms with Gasteiger partial charge in [-0.1, -0.05) is 13.0 Å². The lowest BCUT2D eigenvalue weighted by atomic mass is 9.99. The molecule has 2 rings (SSSR count). The lowest BCUT2D eigenvalue weighted by Gasteiger charge is -2.47. The lowest BCUT2D eigenvalue weighted by Crippen LogP contribution is -2.56. The van der Waals surface area contributed by atoms with Crippen LogP contribution in [-0.4, -0.2) is 40.7 Å². The molecule has 1 aliphatic heterocycles. The summed E-state index contributed by atoms with van der Waals surface area (Å²) in [5, 5.41) is 3.33. The van der Waals surface area contributed by atoms with Crippen molar-refractivity contribution >= 4 is 0 Å². The van der Waals surface area contributed by atoms with Crippen LogP contribution in [0.2, 0.25) is 0 Å². The van der Waals surface area contributed by atoms with Gasteiger partial charge in [0.2, 0.25) is 0 Å². The number of ether oxygens (including phenoxy) is 1. The number of hydrogen-bond acceptors (Lipinski definition) is 4. The number of nitrogens with one attached hydrogen (secondary N) is 1. The van der Waals surface area contributed by atoms with E-state index in [0.717, 1.165) is 44.1 Å². The monoisotopic (exact) mass is 291 g/mol. The van der Waals surface area contributed by atoms with Gasteiger partial charge in [-0.25, -0.2) is 0 Å². The summed E-state index contributed by atoms with van der Waals surface area (Å²) in [6.07, 6.45) is 0. The standard InChI is InChI=1S/C17H29N3O/c1-6-18-10-14-8-7-9-15(19-14)11-20-12-16(2,3)21-17(4,5)13-20/h7-9,18H,6,10-13H2,1-5H3. The molecule has 1 aliphatic rings. The van der Waals surface area contributed by atoms with Gasteiger partial charge in [-0.2, -0.15) is 0 Å². The van der Waals surface area contributed by atoms with Crippen molar-refractivity contribution in [3.05, 3.63) is 29.6 Å². The fraction of sp³-hybridized carbons (Fsp3) is 0.706. The average molecular weight is 291 g/mol. The normalized spacial score (nSPS) is 21.4. The van der Waals surface area contributed by atoms with Crippen molar-refractivity contribution in [2.75, 3.05) is 19.6 Å². The number of hydrogen-bond donors (Lipinski definition) is 1. The van der Waals surface area contributed by atoms with Crippen molar-refractivity contribution in [2.24, 2.45) is 0 Å². The second-order valence-corrected chi connectivity index (χ2v) is 7.17. The van der Waals surface area contributed by atoms with Crippen LogP contribution in [0.3, 0.4) is 0 Å². The van der Waals surface area contributed by atoms with E-state index in [-0.39, 0.29) is 11.2 Å². The van der Waals surface area contributed by atoms with Crippen LogP contribution < -0.4 is 5.32 Å². The molecule has 1 N–H and O–H groups in total. The third kappa shape index (κ3) is 5.06. The fourth-order valence-corrected chi connectivity index (χ4v) is 3.26. The maximum Gasteiger partial charge on any atom is 0.0760 e. The van der Waals surface area contributed by atoms with Crippen LogP contribution >= 0.6 is 0 Å². The van der Waals surface area contributed by atoms with E-state index in [2.05, 4.69) is 63.0 Å². The zero-order valence-corrected chi connectivity index (χ0v) is 14.1. The van der Waals surface area contributed by atoms with Gasteiger partial charge < -0.3 is 10.1 Å². The molecule has 0 amide bonds. The molecule has 1 aromatic heterocycles. The molecule has 0 aliphatic carbocycles. The fourth-order valence-electron chi connectivity index (χ4n) is 3.26. The number of morpholine rings is 1. The van der Waals surface area contributed by atoms with Crippen LogP contribution in [0.25, 0.3) is 0 Å². The van der Waals surface area contributed by atoms with Gasteiger partial charge in [0.15, 0.2) is 0 Å². The molecule has 0 atom stereocenters. The highest BCUT2D eigenvalue weighted by molar-refractivity contribution is 5.11. The topological polar surface area (TPSA) is 37.4 Å². The van der Waals surface area contributed by atoms with Gasteiger partial charge in [0.1, 0.15) is 0 Å². The molecule has 2 heterocycles. The van der Waals surface area contributed by atoms with Gasteiger partial charge >= 0.3 is 0 Å². The van der Waals surface area contributed by atoms with E-state index in [4.69, 9.17) is 9.72 Å². The van der Waals surface area contributed by atoms with E-state index < -0.39 is 0 Å². The third-order valence-corrected chi connectivity index (χ3v) is 3.57. The predicted octanol–water partition coefficient (Wildman–Crippen LogP) is 2.58. The molecule has 21 heavy (non-hydrogen) atoms. The van der Waals surface area contributed by atoms with Crippen LogP contribution in [0.15, 0.2) is 18.2 Å². The molecule has 0 saturated carbocycles. The number of pyridine rings is 1. The summed E-state index contributed by atoms with van der Waals surface area (Å²) in [5.74, 6) is 0. The molecule has 1 fully saturated rings. The first-order valence-electron chi connectivity index (χ1n) is 7.88. The smallest absolute Gasteiger partial charge is 0.0760 e. The summed E-state index contributed by atoms with van der Waals surface area (Å²) < 4.78 is 6.13. The van der Waals surface area contributed by atoms with E-state index in [0.29, 0.717) is 0 Å². The molecule has 0 unspecified atom stereocenters. The molecule has 4 nitrogen and oxygen atoms in total. The summed E-state index contributed by atoms with van der Waals surface area (Å²) in [6, 6.07) is 6.30. The van der Waals surface area contributed by atoms with Gasteiger partial charge in [0.25, 0.3) is 0 Å². The second kappa shape index (κ2) is 6.42. The Morgan fingerprint density at radius 1 is 1.14 bits per heavy atom. The third-order valence-electron chi connectivity index (χ3n) is 3.57. The zero-order chi connectivity index (χ0) is 15.5. The van der Waals surface area contributed by atoms with Crippen molar-refractivity contribution in [3.63, 3.8) is 0 Å². The zero-order valence-electron chi connectivity index (χ0n) is 14.1. The largest absolute Gasteiger partial charge is 0.367 e. The van der Waals surface area contributed by atoms with Crippen LogP contribution in [0.1, 0.15) is 46.0 Å². The summed E-state index contributed by atoms with van der Waals surface area (Å²) in [5.41, 5.74) is 2.03. The Bertz CT molecular complexity index is 455. The van der Waals surface area contributed by atoms with E-state index in [9.17, 15) is 0 Å². The number of nitrogens with zero attached hydrogens (tertiary/aromatic N) is 2. The average Bonchev–Trinajstić information content (AvgIpc) is 2.33. The van der Waals surface area contributed by atoms with Crippen molar-refractivity contribution in [1.29, 1.82) is 0 Å². The Kier molecular flexibility index (Phi) is 5.02. The molecule has 1 saturated heterocycles. The molecule has 1 aromatic rings. The van der Waals surface area contributed by atoms with Crippen LogP contribution in [0, 0.1) is 0 Å². The minimum absolute atomic E-state index is 0.108.